The summed E-state index contributed by atoms with van der Waals surface area (Å²) in [7, 11) is 0. The highest BCUT2D eigenvalue weighted by Gasteiger charge is 2.17. The molecule has 0 spiro atoms. The highest BCUT2D eigenvalue weighted by molar-refractivity contribution is 5.72. The van der Waals surface area contributed by atoms with Crippen LogP contribution in [0.5, 0.6) is 0 Å². The third-order valence-electron chi connectivity index (χ3n) is 5.91. The molecule has 0 aromatic rings. The molecule has 0 saturated heterocycles. The minimum Gasteiger partial charge on any atom is -0.466 e. The lowest BCUT2D eigenvalue weighted by Gasteiger charge is -2.14. The Hall–Kier alpha value is -1.06. The molecular weight excluding hydrogens is 388 g/mol. The largest absolute Gasteiger partial charge is 0.466 e. The van der Waals surface area contributed by atoms with E-state index in [1.807, 2.05) is 0 Å². The molecule has 0 heterocycles. The Bertz CT molecular complexity index is 431. The van der Waals surface area contributed by atoms with E-state index in [-0.39, 0.29) is 17.9 Å². The molecule has 4 heteroatoms. The second kappa shape index (κ2) is 20.8. The number of hydrogen-bond donors (Lipinski definition) is 0. The average Bonchev–Trinajstić information content (AvgIpc) is 2.70. The van der Waals surface area contributed by atoms with Gasteiger partial charge < -0.3 is 9.47 Å². The molecule has 1 unspecified atom stereocenters. The van der Waals surface area contributed by atoms with Crippen LogP contribution in [-0.4, -0.2) is 25.2 Å². The van der Waals surface area contributed by atoms with Gasteiger partial charge in [0.05, 0.1) is 19.1 Å². The van der Waals surface area contributed by atoms with Gasteiger partial charge in [-0.2, -0.15) is 0 Å². The lowest BCUT2D eigenvalue weighted by Crippen LogP contribution is -2.18. The Labute approximate surface area is 193 Å². The quantitative estimate of drug-likeness (QED) is 0.135. The normalized spacial score (nSPS) is 12.4. The summed E-state index contributed by atoms with van der Waals surface area (Å²) in [5, 5.41) is 0. The van der Waals surface area contributed by atoms with Crippen LogP contribution in [0.1, 0.15) is 131 Å². The molecule has 31 heavy (non-hydrogen) atoms. The first-order valence-electron chi connectivity index (χ1n) is 13.2. The number of carbonyl (C=O) groups is 2. The summed E-state index contributed by atoms with van der Waals surface area (Å²) in [4.78, 5) is 23.7. The van der Waals surface area contributed by atoms with Crippen LogP contribution in [0.4, 0.5) is 0 Å². The summed E-state index contributed by atoms with van der Waals surface area (Å²) in [6, 6.07) is 0. The second-order valence-electron chi connectivity index (χ2n) is 9.93. The summed E-state index contributed by atoms with van der Waals surface area (Å²) in [6.45, 7) is 11.8. The number of rotatable bonds is 21. The fraction of sp³-hybridized carbons (Fsp3) is 0.926. The molecule has 0 bridgehead atoms. The maximum Gasteiger partial charge on any atom is 0.308 e. The maximum absolute atomic E-state index is 12.1. The Kier molecular flexibility index (Phi) is 20.1. The first-order chi connectivity index (χ1) is 14.9. The van der Waals surface area contributed by atoms with Crippen LogP contribution in [0.15, 0.2) is 0 Å². The molecule has 0 saturated carbocycles. The molecular formula is C27H52O4. The highest BCUT2D eigenvalue weighted by Crippen LogP contribution is 2.18. The summed E-state index contributed by atoms with van der Waals surface area (Å²) >= 11 is 0. The van der Waals surface area contributed by atoms with Gasteiger partial charge >= 0.3 is 11.9 Å². The first-order valence-corrected chi connectivity index (χ1v) is 13.2. The molecule has 0 aromatic carbocycles. The van der Waals surface area contributed by atoms with Gasteiger partial charge in [0, 0.05) is 6.42 Å². The number of ether oxygens (including phenoxy) is 2. The van der Waals surface area contributed by atoms with E-state index in [1.165, 1.54) is 44.9 Å². The van der Waals surface area contributed by atoms with Crippen LogP contribution >= 0.6 is 0 Å². The van der Waals surface area contributed by atoms with Crippen molar-refractivity contribution in [1.82, 2.24) is 0 Å². The van der Waals surface area contributed by atoms with E-state index in [4.69, 9.17) is 9.47 Å². The zero-order chi connectivity index (χ0) is 23.3. The van der Waals surface area contributed by atoms with Crippen molar-refractivity contribution in [2.24, 2.45) is 17.8 Å². The van der Waals surface area contributed by atoms with Crippen molar-refractivity contribution >= 4 is 11.9 Å². The van der Waals surface area contributed by atoms with Crippen molar-refractivity contribution < 1.29 is 19.1 Å². The van der Waals surface area contributed by atoms with Crippen molar-refractivity contribution in [2.45, 2.75) is 131 Å². The van der Waals surface area contributed by atoms with Gasteiger partial charge in [-0.3, -0.25) is 9.59 Å². The van der Waals surface area contributed by atoms with E-state index in [0.29, 0.717) is 31.5 Å². The van der Waals surface area contributed by atoms with Gasteiger partial charge in [-0.05, 0) is 43.9 Å². The summed E-state index contributed by atoms with van der Waals surface area (Å²) in [5.74, 6) is 1.22. The second-order valence-corrected chi connectivity index (χ2v) is 9.93. The summed E-state index contributed by atoms with van der Waals surface area (Å²) in [6.07, 6.45) is 16.4. The van der Waals surface area contributed by atoms with Crippen LogP contribution in [0.25, 0.3) is 0 Å². The van der Waals surface area contributed by atoms with E-state index in [1.54, 1.807) is 0 Å². The number of carbonyl (C=O) groups excluding carboxylic acids is 2. The molecule has 0 amide bonds. The molecule has 0 aliphatic rings. The molecule has 184 valence electrons. The Morgan fingerprint density at radius 1 is 0.613 bits per heavy atom. The van der Waals surface area contributed by atoms with Gasteiger partial charge in [-0.15, -0.1) is 0 Å². The van der Waals surface area contributed by atoms with Gasteiger partial charge in [0.2, 0.25) is 0 Å². The van der Waals surface area contributed by atoms with Crippen LogP contribution in [0, 0.1) is 17.8 Å². The minimum atomic E-state index is -0.0326. The zero-order valence-electron chi connectivity index (χ0n) is 21.4. The summed E-state index contributed by atoms with van der Waals surface area (Å²) in [5.41, 5.74) is 0. The molecule has 1 atom stereocenters. The maximum atomic E-state index is 12.1. The van der Waals surface area contributed by atoms with E-state index in [2.05, 4.69) is 34.6 Å². The highest BCUT2D eigenvalue weighted by atomic mass is 16.5. The van der Waals surface area contributed by atoms with Gasteiger partial charge in [0.1, 0.15) is 0 Å². The monoisotopic (exact) mass is 440 g/mol. The van der Waals surface area contributed by atoms with Crippen LogP contribution in [0.3, 0.4) is 0 Å². The van der Waals surface area contributed by atoms with Crippen LogP contribution in [0.2, 0.25) is 0 Å². The predicted molar refractivity (Wildman–Crippen MR) is 130 cm³/mol. The van der Waals surface area contributed by atoms with E-state index < -0.39 is 0 Å². The lowest BCUT2D eigenvalue weighted by molar-refractivity contribution is -0.149. The SMILES string of the molecule is CCC(CCCCCCCCCCCCC(=O)OCCC(C)C)C(=O)OCCC(C)C. The van der Waals surface area contributed by atoms with Gasteiger partial charge in [0.15, 0.2) is 0 Å². The van der Waals surface area contributed by atoms with Crippen molar-refractivity contribution in [2.75, 3.05) is 13.2 Å². The van der Waals surface area contributed by atoms with Crippen molar-refractivity contribution in [3.63, 3.8) is 0 Å². The molecule has 0 fully saturated rings. The fourth-order valence-electron chi connectivity index (χ4n) is 3.56. The van der Waals surface area contributed by atoms with E-state index in [9.17, 15) is 9.59 Å². The Morgan fingerprint density at radius 3 is 1.55 bits per heavy atom. The molecule has 0 aliphatic heterocycles. The molecule has 0 N–H and O–H groups in total. The molecule has 0 aliphatic carbocycles. The smallest absolute Gasteiger partial charge is 0.308 e. The van der Waals surface area contributed by atoms with Crippen molar-refractivity contribution in [3.05, 3.63) is 0 Å². The Balaban J connectivity index is 3.45. The van der Waals surface area contributed by atoms with Gasteiger partial charge in [-0.1, -0.05) is 92.4 Å². The van der Waals surface area contributed by atoms with Gasteiger partial charge in [-0.25, -0.2) is 0 Å². The number of hydrogen-bond acceptors (Lipinski definition) is 4. The zero-order valence-corrected chi connectivity index (χ0v) is 21.4. The van der Waals surface area contributed by atoms with Crippen LogP contribution < -0.4 is 0 Å². The molecule has 4 nitrogen and oxygen atoms in total. The van der Waals surface area contributed by atoms with Gasteiger partial charge in [0.25, 0.3) is 0 Å². The number of esters is 2. The van der Waals surface area contributed by atoms with Crippen molar-refractivity contribution in [3.8, 4) is 0 Å². The Morgan fingerprint density at radius 2 is 1.06 bits per heavy atom. The molecule has 0 rings (SSSR count). The third kappa shape index (κ3) is 20.6. The van der Waals surface area contributed by atoms with Crippen LogP contribution in [-0.2, 0) is 19.1 Å². The minimum absolute atomic E-state index is 0.00645. The standard InChI is InChI=1S/C27H52O4/c1-6-25(27(29)31-22-20-24(4)5)17-15-13-11-9-7-8-10-12-14-16-18-26(28)30-21-19-23(2)3/h23-25H,6-22H2,1-5H3. The number of unbranched alkanes of at least 4 members (excludes halogenated alkanes) is 9. The fourth-order valence-corrected chi connectivity index (χ4v) is 3.56. The predicted octanol–water partition coefficient (Wildman–Crippen LogP) is 7.87. The van der Waals surface area contributed by atoms with E-state index in [0.717, 1.165) is 44.9 Å². The third-order valence-corrected chi connectivity index (χ3v) is 5.91. The summed E-state index contributed by atoms with van der Waals surface area (Å²) < 4.78 is 10.7. The molecule has 0 radical (unpaired) electrons. The molecule has 0 aromatic heterocycles. The van der Waals surface area contributed by atoms with E-state index >= 15 is 0 Å². The first kappa shape index (κ1) is 29.9. The lowest BCUT2D eigenvalue weighted by atomic mass is 9.97. The van der Waals surface area contributed by atoms with Crippen molar-refractivity contribution in [1.29, 1.82) is 0 Å². The topological polar surface area (TPSA) is 52.6 Å². The average molecular weight is 441 g/mol.